The molecule has 28 heavy (non-hydrogen) atoms. The first-order chi connectivity index (χ1) is 13.6. The summed E-state index contributed by atoms with van der Waals surface area (Å²) in [6.45, 7) is 3.48. The van der Waals surface area contributed by atoms with Crippen molar-refractivity contribution < 1.29 is 19.1 Å². The van der Waals surface area contributed by atoms with E-state index in [4.69, 9.17) is 9.47 Å². The number of hydrogen-bond donors (Lipinski definition) is 2. The van der Waals surface area contributed by atoms with Gasteiger partial charge in [0.25, 0.3) is 0 Å². The minimum absolute atomic E-state index is 0.0315. The van der Waals surface area contributed by atoms with Gasteiger partial charge in [0, 0.05) is 30.4 Å². The second kappa shape index (κ2) is 7.80. The van der Waals surface area contributed by atoms with Crippen LogP contribution in [0.5, 0.6) is 11.5 Å². The van der Waals surface area contributed by atoms with E-state index >= 15 is 0 Å². The summed E-state index contributed by atoms with van der Waals surface area (Å²) in [4.78, 5) is 26.5. The van der Waals surface area contributed by atoms with E-state index in [2.05, 4.69) is 10.6 Å². The van der Waals surface area contributed by atoms with E-state index in [0.29, 0.717) is 31.3 Å². The standard InChI is InChI=1S/C21H23N3O4/c1-2-14-5-3-4-6-17(14)23-21(26)22-15-11-20(25)24(13-15)16-7-8-18-19(12-16)28-10-9-27-18/h3-8,12,15H,2,9-11,13H2,1H3,(H2,22,23,26). The van der Waals surface area contributed by atoms with Crippen LogP contribution >= 0.6 is 0 Å². The number of carbonyl (C=O) groups is 2. The van der Waals surface area contributed by atoms with Gasteiger partial charge in [-0.25, -0.2) is 4.79 Å². The number of carbonyl (C=O) groups excluding carboxylic acids is 2. The molecule has 4 rings (SSSR count). The third kappa shape index (κ3) is 3.74. The topological polar surface area (TPSA) is 79.9 Å². The van der Waals surface area contributed by atoms with Gasteiger partial charge in [-0.1, -0.05) is 25.1 Å². The molecule has 1 unspecified atom stereocenters. The van der Waals surface area contributed by atoms with Crippen LogP contribution in [0.2, 0.25) is 0 Å². The molecule has 0 saturated carbocycles. The minimum atomic E-state index is -0.303. The van der Waals surface area contributed by atoms with Crippen molar-refractivity contribution in [3.8, 4) is 11.5 Å². The predicted molar refractivity (Wildman–Crippen MR) is 106 cm³/mol. The number of para-hydroxylation sites is 1. The predicted octanol–water partition coefficient (Wildman–Crippen LogP) is 2.95. The fraction of sp³-hybridized carbons (Fsp3) is 0.333. The summed E-state index contributed by atoms with van der Waals surface area (Å²) in [5.41, 5.74) is 2.60. The Morgan fingerprint density at radius 1 is 1.14 bits per heavy atom. The van der Waals surface area contributed by atoms with Crippen molar-refractivity contribution in [3.63, 3.8) is 0 Å². The van der Waals surface area contributed by atoms with E-state index in [1.165, 1.54) is 0 Å². The second-order valence-corrected chi connectivity index (χ2v) is 6.84. The van der Waals surface area contributed by atoms with Gasteiger partial charge >= 0.3 is 6.03 Å². The molecule has 7 heteroatoms. The summed E-state index contributed by atoms with van der Waals surface area (Å²) < 4.78 is 11.1. The summed E-state index contributed by atoms with van der Waals surface area (Å²) >= 11 is 0. The first-order valence-electron chi connectivity index (χ1n) is 9.49. The van der Waals surface area contributed by atoms with Gasteiger partial charge in [0.2, 0.25) is 5.91 Å². The fourth-order valence-corrected chi connectivity index (χ4v) is 3.55. The van der Waals surface area contributed by atoms with Gasteiger partial charge in [-0.15, -0.1) is 0 Å². The molecule has 1 saturated heterocycles. The Labute approximate surface area is 163 Å². The van der Waals surface area contributed by atoms with Crippen molar-refractivity contribution in [1.82, 2.24) is 5.32 Å². The zero-order chi connectivity index (χ0) is 19.5. The molecule has 146 valence electrons. The second-order valence-electron chi connectivity index (χ2n) is 6.84. The van der Waals surface area contributed by atoms with Crippen LogP contribution in [0.15, 0.2) is 42.5 Å². The summed E-state index contributed by atoms with van der Waals surface area (Å²) in [7, 11) is 0. The zero-order valence-corrected chi connectivity index (χ0v) is 15.7. The summed E-state index contributed by atoms with van der Waals surface area (Å²) in [5, 5.41) is 5.78. The normalized spacial score (nSPS) is 18.1. The lowest BCUT2D eigenvalue weighted by atomic mass is 10.1. The smallest absolute Gasteiger partial charge is 0.319 e. The average molecular weight is 381 g/mol. The van der Waals surface area contributed by atoms with E-state index < -0.39 is 0 Å². The summed E-state index contributed by atoms with van der Waals surface area (Å²) in [5.74, 6) is 1.29. The maximum atomic E-state index is 12.5. The molecule has 0 bridgehead atoms. The van der Waals surface area contributed by atoms with E-state index in [-0.39, 0.29) is 24.4 Å². The SMILES string of the molecule is CCc1ccccc1NC(=O)NC1CC(=O)N(c2ccc3c(c2)OCCO3)C1. The molecule has 2 heterocycles. The lowest BCUT2D eigenvalue weighted by Gasteiger charge is -2.22. The molecule has 2 N–H and O–H groups in total. The Hall–Kier alpha value is -3.22. The highest BCUT2D eigenvalue weighted by Gasteiger charge is 2.32. The van der Waals surface area contributed by atoms with Crippen molar-refractivity contribution >= 4 is 23.3 Å². The molecule has 0 aromatic heterocycles. The maximum absolute atomic E-state index is 12.5. The molecular weight excluding hydrogens is 358 g/mol. The highest BCUT2D eigenvalue weighted by molar-refractivity contribution is 5.98. The maximum Gasteiger partial charge on any atom is 0.319 e. The number of anilines is 2. The zero-order valence-electron chi connectivity index (χ0n) is 15.7. The molecule has 7 nitrogen and oxygen atoms in total. The number of amides is 3. The van der Waals surface area contributed by atoms with Gasteiger partial charge in [0.15, 0.2) is 11.5 Å². The number of nitrogens with zero attached hydrogens (tertiary/aromatic N) is 1. The number of fused-ring (bicyclic) bond motifs is 1. The minimum Gasteiger partial charge on any atom is -0.486 e. The molecule has 2 aliphatic rings. The van der Waals surface area contributed by atoms with Gasteiger partial charge in [-0.2, -0.15) is 0 Å². The molecule has 0 spiro atoms. The highest BCUT2D eigenvalue weighted by Crippen LogP contribution is 2.35. The van der Waals surface area contributed by atoms with Crippen molar-refractivity contribution in [1.29, 1.82) is 0 Å². The molecule has 1 fully saturated rings. The van der Waals surface area contributed by atoms with Crippen LogP contribution < -0.4 is 25.0 Å². The Bertz CT molecular complexity index is 899. The Morgan fingerprint density at radius 3 is 2.75 bits per heavy atom. The largest absolute Gasteiger partial charge is 0.486 e. The fourth-order valence-electron chi connectivity index (χ4n) is 3.55. The quantitative estimate of drug-likeness (QED) is 0.853. The van der Waals surface area contributed by atoms with Crippen LogP contribution in [0.3, 0.4) is 0 Å². The van der Waals surface area contributed by atoms with Gasteiger partial charge in [0.1, 0.15) is 13.2 Å². The Morgan fingerprint density at radius 2 is 1.93 bits per heavy atom. The molecule has 1 atom stereocenters. The van der Waals surface area contributed by atoms with E-state index in [1.54, 1.807) is 4.90 Å². The van der Waals surface area contributed by atoms with Gasteiger partial charge in [0.05, 0.1) is 6.04 Å². The highest BCUT2D eigenvalue weighted by atomic mass is 16.6. The molecular formula is C21H23N3O4. The average Bonchev–Trinajstić information content (AvgIpc) is 3.07. The molecule has 2 aliphatic heterocycles. The molecule has 3 amide bonds. The number of ether oxygens (including phenoxy) is 2. The Balaban J connectivity index is 1.40. The van der Waals surface area contributed by atoms with Crippen LogP contribution in [0.4, 0.5) is 16.2 Å². The monoisotopic (exact) mass is 381 g/mol. The molecule has 2 aromatic carbocycles. The van der Waals surface area contributed by atoms with E-state index in [0.717, 1.165) is 23.4 Å². The van der Waals surface area contributed by atoms with Gasteiger partial charge in [-0.05, 0) is 30.2 Å². The van der Waals surface area contributed by atoms with E-state index in [9.17, 15) is 9.59 Å². The number of hydrogen-bond acceptors (Lipinski definition) is 4. The third-order valence-electron chi connectivity index (χ3n) is 4.94. The number of benzene rings is 2. The number of rotatable bonds is 4. The number of nitrogens with one attached hydrogen (secondary N) is 2. The summed E-state index contributed by atoms with van der Waals surface area (Å²) in [6, 6.07) is 12.6. The van der Waals surface area contributed by atoms with Gasteiger partial charge < -0.3 is 25.0 Å². The lowest BCUT2D eigenvalue weighted by molar-refractivity contribution is -0.117. The molecule has 0 radical (unpaired) electrons. The van der Waals surface area contributed by atoms with Crippen LogP contribution in [0.25, 0.3) is 0 Å². The van der Waals surface area contributed by atoms with E-state index in [1.807, 2.05) is 49.4 Å². The summed E-state index contributed by atoms with van der Waals surface area (Å²) in [6.07, 6.45) is 1.09. The van der Waals surface area contributed by atoms with Crippen LogP contribution in [-0.2, 0) is 11.2 Å². The van der Waals surface area contributed by atoms with Crippen LogP contribution in [0.1, 0.15) is 18.9 Å². The van der Waals surface area contributed by atoms with Crippen molar-refractivity contribution in [2.75, 3.05) is 30.0 Å². The van der Waals surface area contributed by atoms with Crippen molar-refractivity contribution in [3.05, 3.63) is 48.0 Å². The number of aryl methyl sites for hydroxylation is 1. The van der Waals surface area contributed by atoms with Crippen molar-refractivity contribution in [2.45, 2.75) is 25.8 Å². The van der Waals surface area contributed by atoms with Gasteiger partial charge in [-0.3, -0.25) is 4.79 Å². The lowest BCUT2D eigenvalue weighted by Crippen LogP contribution is -2.39. The third-order valence-corrected chi connectivity index (χ3v) is 4.94. The molecule has 2 aromatic rings. The number of urea groups is 1. The molecule has 0 aliphatic carbocycles. The van der Waals surface area contributed by atoms with Crippen LogP contribution in [0, 0.1) is 0 Å². The Kier molecular flexibility index (Phi) is 5.06. The van der Waals surface area contributed by atoms with Crippen LogP contribution in [-0.4, -0.2) is 37.7 Å². The first-order valence-corrected chi connectivity index (χ1v) is 9.49. The van der Waals surface area contributed by atoms with Crippen molar-refractivity contribution in [2.24, 2.45) is 0 Å². The first kappa shape index (κ1) is 18.2.